The van der Waals surface area contributed by atoms with E-state index in [2.05, 4.69) is 0 Å². The summed E-state index contributed by atoms with van der Waals surface area (Å²) in [6.45, 7) is 1.47. The van der Waals surface area contributed by atoms with Gasteiger partial charge in [0.15, 0.2) is 0 Å². The van der Waals surface area contributed by atoms with Gasteiger partial charge in [-0.1, -0.05) is 19.3 Å². The molecule has 144 valence electrons. The largest absolute Gasteiger partial charge is 0.399 e. The van der Waals surface area contributed by atoms with Gasteiger partial charge in [-0.3, -0.25) is 4.79 Å². The minimum Gasteiger partial charge on any atom is -0.399 e. The van der Waals surface area contributed by atoms with Crippen molar-refractivity contribution in [3.8, 4) is 0 Å². The first kappa shape index (κ1) is 19.1. The van der Waals surface area contributed by atoms with Crippen LogP contribution >= 0.6 is 0 Å². The summed E-state index contributed by atoms with van der Waals surface area (Å²) in [7, 11) is -1.78. The van der Waals surface area contributed by atoms with E-state index >= 15 is 0 Å². The van der Waals surface area contributed by atoms with Crippen molar-refractivity contribution in [2.75, 3.05) is 39.0 Å². The molecule has 1 aromatic carbocycles. The van der Waals surface area contributed by atoms with E-state index in [-0.39, 0.29) is 11.9 Å². The number of nitrogen functional groups attached to an aromatic ring is 1. The zero-order chi connectivity index (χ0) is 18.7. The van der Waals surface area contributed by atoms with Crippen molar-refractivity contribution < 1.29 is 13.2 Å². The quantitative estimate of drug-likeness (QED) is 0.803. The Morgan fingerprint density at radius 1 is 1.04 bits per heavy atom. The average Bonchev–Trinajstić information content (AvgIpc) is 2.68. The van der Waals surface area contributed by atoms with Crippen molar-refractivity contribution in [2.45, 2.75) is 38.1 Å². The van der Waals surface area contributed by atoms with Crippen LogP contribution in [0.2, 0.25) is 0 Å². The molecule has 2 N–H and O–H groups in total. The lowest BCUT2D eigenvalue weighted by atomic mass is 9.96. The van der Waals surface area contributed by atoms with Gasteiger partial charge < -0.3 is 10.6 Å². The molecular weight excluding hydrogens is 352 g/mol. The van der Waals surface area contributed by atoms with E-state index in [1.54, 1.807) is 40.5 Å². The fraction of sp³-hybridized carbons (Fsp3) is 0.611. The first-order valence-corrected chi connectivity index (χ1v) is 10.7. The van der Waals surface area contributed by atoms with Gasteiger partial charge in [0.1, 0.15) is 0 Å². The molecule has 0 spiro atoms. The summed E-state index contributed by atoms with van der Waals surface area (Å²) in [5, 5.41) is 0. The summed E-state index contributed by atoms with van der Waals surface area (Å²) in [6, 6.07) is 6.92. The number of hydrogen-bond donors (Lipinski definition) is 1. The van der Waals surface area contributed by atoms with Crippen LogP contribution in [0.15, 0.2) is 24.3 Å². The lowest BCUT2D eigenvalue weighted by molar-refractivity contribution is 0.0693. The van der Waals surface area contributed by atoms with Crippen molar-refractivity contribution in [3.63, 3.8) is 0 Å². The molecule has 3 rings (SSSR count). The highest BCUT2D eigenvalue weighted by Crippen LogP contribution is 2.25. The highest BCUT2D eigenvalue weighted by molar-refractivity contribution is 7.86. The van der Waals surface area contributed by atoms with Crippen LogP contribution in [-0.4, -0.2) is 67.1 Å². The molecule has 7 nitrogen and oxygen atoms in total. The van der Waals surface area contributed by atoms with Crippen molar-refractivity contribution in [1.29, 1.82) is 0 Å². The van der Waals surface area contributed by atoms with Gasteiger partial charge in [0.2, 0.25) is 0 Å². The van der Waals surface area contributed by atoms with Crippen LogP contribution in [0.5, 0.6) is 0 Å². The van der Waals surface area contributed by atoms with Crippen LogP contribution in [0.3, 0.4) is 0 Å². The van der Waals surface area contributed by atoms with E-state index in [0.29, 0.717) is 37.4 Å². The third-order valence-corrected chi connectivity index (χ3v) is 7.51. The van der Waals surface area contributed by atoms with E-state index in [1.807, 2.05) is 0 Å². The summed E-state index contributed by atoms with van der Waals surface area (Å²) in [5.74, 6) is -0.0808. The second-order valence-electron chi connectivity index (χ2n) is 7.13. The summed E-state index contributed by atoms with van der Waals surface area (Å²) >= 11 is 0. The minimum absolute atomic E-state index is 0.0808. The Kier molecular flexibility index (Phi) is 5.84. The summed E-state index contributed by atoms with van der Waals surface area (Å²) in [4.78, 5) is 14.3. The molecule has 0 unspecified atom stereocenters. The first-order valence-electron chi connectivity index (χ1n) is 9.27. The molecule has 26 heavy (non-hydrogen) atoms. The van der Waals surface area contributed by atoms with Gasteiger partial charge in [-0.25, -0.2) is 0 Å². The Morgan fingerprint density at radius 3 is 2.19 bits per heavy atom. The third-order valence-electron chi connectivity index (χ3n) is 5.46. The number of rotatable bonds is 4. The SMILES string of the molecule is CN(C1CCCCC1)S(=O)(=O)N1CCN(C(=O)c2ccc(N)cc2)CC1. The summed E-state index contributed by atoms with van der Waals surface area (Å²) in [5.41, 5.74) is 6.85. The number of benzene rings is 1. The highest BCUT2D eigenvalue weighted by atomic mass is 32.2. The topological polar surface area (TPSA) is 87.0 Å². The maximum Gasteiger partial charge on any atom is 0.282 e. The zero-order valence-electron chi connectivity index (χ0n) is 15.3. The molecule has 8 heteroatoms. The molecule has 0 atom stereocenters. The molecule has 0 radical (unpaired) electrons. The van der Waals surface area contributed by atoms with E-state index in [1.165, 1.54) is 10.7 Å². The van der Waals surface area contributed by atoms with E-state index < -0.39 is 10.2 Å². The van der Waals surface area contributed by atoms with Crippen LogP contribution in [-0.2, 0) is 10.2 Å². The number of hydrogen-bond acceptors (Lipinski definition) is 4. The van der Waals surface area contributed by atoms with E-state index in [9.17, 15) is 13.2 Å². The molecular formula is C18H28N4O3S. The van der Waals surface area contributed by atoms with Crippen molar-refractivity contribution in [1.82, 2.24) is 13.5 Å². The second kappa shape index (κ2) is 7.94. The molecule has 1 aliphatic carbocycles. The number of nitrogens with two attached hydrogens (primary N) is 1. The number of carbonyl (C=O) groups is 1. The molecule has 1 saturated carbocycles. The monoisotopic (exact) mass is 380 g/mol. The number of nitrogens with zero attached hydrogens (tertiary/aromatic N) is 3. The Labute approximate surface area is 155 Å². The molecule has 1 aromatic rings. The Hall–Kier alpha value is -1.64. The fourth-order valence-corrected chi connectivity index (χ4v) is 5.32. The van der Waals surface area contributed by atoms with Crippen LogP contribution in [0.1, 0.15) is 42.5 Å². The van der Waals surface area contributed by atoms with Gasteiger partial charge in [-0.05, 0) is 37.1 Å². The van der Waals surface area contributed by atoms with Crippen LogP contribution in [0, 0.1) is 0 Å². The van der Waals surface area contributed by atoms with E-state index in [0.717, 1.165) is 25.7 Å². The molecule has 1 heterocycles. The predicted octanol–water partition coefficient (Wildman–Crippen LogP) is 1.54. The molecule has 1 aliphatic heterocycles. The zero-order valence-corrected chi connectivity index (χ0v) is 16.1. The lowest BCUT2D eigenvalue weighted by Gasteiger charge is -2.38. The minimum atomic E-state index is -3.47. The van der Waals surface area contributed by atoms with Gasteiger partial charge in [0.25, 0.3) is 16.1 Å². The van der Waals surface area contributed by atoms with Gasteiger partial charge in [-0.15, -0.1) is 0 Å². The molecule has 1 amide bonds. The molecule has 2 aliphatic rings. The molecule has 1 saturated heterocycles. The van der Waals surface area contributed by atoms with Gasteiger partial charge >= 0.3 is 0 Å². The number of anilines is 1. The maximum atomic E-state index is 12.9. The van der Waals surface area contributed by atoms with E-state index in [4.69, 9.17) is 5.73 Å². The number of carbonyl (C=O) groups excluding carboxylic acids is 1. The highest BCUT2D eigenvalue weighted by Gasteiger charge is 2.35. The molecule has 0 aromatic heterocycles. The second-order valence-corrected chi connectivity index (χ2v) is 9.12. The Morgan fingerprint density at radius 2 is 1.62 bits per heavy atom. The van der Waals surface area contributed by atoms with Crippen LogP contribution < -0.4 is 5.73 Å². The summed E-state index contributed by atoms with van der Waals surface area (Å²) in [6.07, 6.45) is 5.25. The maximum absolute atomic E-state index is 12.9. The van der Waals surface area contributed by atoms with Crippen LogP contribution in [0.25, 0.3) is 0 Å². The third kappa shape index (κ3) is 4.02. The van der Waals surface area contributed by atoms with Crippen molar-refractivity contribution in [2.24, 2.45) is 0 Å². The average molecular weight is 381 g/mol. The van der Waals surface area contributed by atoms with Gasteiger partial charge in [-0.2, -0.15) is 17.0 Å². The van der Waals surface area contributed by atoms with Gasteiger partial charge in [0, 0.05) is 50.5 Å². The molecule has 2 fully saturated rings. The van der Waals surface area contributed by atoms with Crippen LogP contribution in [0.4, 0.5) is 5.69 Å². The number of amides is 1. The van der Waals surface area contributed by atoms with Crippen molar-refractivity contribution in [3.05, 3.63) is 29.8 Å². The molecule has 0 bridgehead atoms. The standard InChI is InChI=1S/C18H28N4O3S/c1-20(17-5-3-2-4-6-17)26(24,25)22-13-11-21(12-14-22)18(23)15-7-9-16(19)10-8-15/h7-10,17H,2-6,11-14,19H2,1H3. The summed E-state index contributed by atoms with van der Waals surface area (Å²) < 4.78 is 28.9. The smallest absolute Gasteiger partial charge is 0.282 e. The predicted molar refractivity (Wildman–Crippen MR) is 102 cm³/mol. The van der Waals surface area contributed by atoms with Gasteiger partial charge in [0.05, 0.1) is 0 Å². The van der Waals surface area contributed by atoms with Crippen molar-refractivity contribution >= 4 is 21.8 Å². The Balaban J connectivity index is 1.60. The Bertz CT molecular complexity index is 721. The normalized spacial score (nSPS) is 20.5. The first-order chi connectivity index (χ1) is 12.4. The lowest BCUT2D eigenvalue weighted by Crippen LogP contribution is -2.55. The number of piperazine rings is 1. The fourth-order valence-electron chi connectivity index (χ4n) is 3.75.